The largest absolute Gasteiger partial charge is 0.452 e. The first-order valence-corrected chi connectivity index (χ1v) is 12.0. The second-order valence-corrected chi connectivity index (χ2v) is 9.32. The Labute approximate surface area is 202 Å². The van der Waals surface area contributed by atoms with E-state index in [9.17, 15) is 27.2 Å². The van der Waals surface area contributed by atoms with E-state index in [4.69, 9.17) is 4.74 Å². The minimum absolute atomic E-state index is 0.0906. The van der Waals surface area contributed by atoms with Gasteiger partial charge in [0.25, 0.3) is 15.9 Å². The molecule has 10 heteroatoms. The van der Waals surface area contributed by atoms with Crippen molar-refractivity contribution >= 4 is 33.4 Å². The van der Waals surface area contributed by atoms with E-state index in [1.807, 2.05) is 30.3 Å². The molecule has 3 aromatic carbocycles. The summed E-state index contributed by atoms with van der Waals surface area (Å²) in [6.07, 6.45) is 0.289. The lowest BCUT2D eigenvalue weighted by molar-refractivity contribution is -0.128. The average molecular weight is 499 g/mol. The van der Waals surface area contributed by atoms with Crippen LogP contribution in [0.25, 0.3) is 0 Å². The van der Waals surface area contributed by atoms with Gasteiger partial charge in [-0.05, 0) is 61.4 Å². The maximum absolute atomic E-state index is 13.0. The number of halogens is 1. The molecule has 0 aromatic heterocycles. The molecule has 1 unspecified atom stereocenters. The highest BCUT2D eigenvalue weighted by molar-refractivity contribution is 7.92. The lowest BCUT2D eigenvalue weighted by Crippen LogP contribution is -2.43. The number of carbonyl (C=O) groups excluding carboxylic acids is 3. The Morgan fingerprint density at radius 1 is 0.943 bits per heavy atom. The van der Waals surface area contributed by atoms with Gasteiger partial charge in [-0.25, -0.2) is 17.6 Å². The predicted octanol–water partition coefficient (Wildman–Crippen LogP) is 3.10. The molecule has 0 heterocycles. The van der Waals surface area contributed by atoms with Gasteiger partial charge in [-0.15, -0.1) is 0 Å². The summed E-state index contributed by atoms with van der Waals surface area (Å²) in [5, 5.41) is 2.54. The number of nitrogens with one attached hydrogen (secondary N) is 2. The van der Waals surface area contributed by atoms with E-state index in [0.29, 0.717) is 0 Å². The maximum Gasteiger partial charge on any atom is 0.338 e. The molecule has 0 aliphatic rings. The van der Waals surface area contributed by atoms with Gasteiger partial charge in [0.2, 0.25) is 0 Å². The van der Waals surface area contributed by atoms with Crippen LogP contribution >= 0.6 is 0 Å². The Morgan fingerprint density at radius 2 is 1.63 bits per heavy atom. The molecule has 3 rings (SSSR count). The van der Waals surface area contributed by atoms with E-state index < -0.39 is 40.4 Å². The number of ketones is 1. The molecule has 2 N–H and O–H groups in total. The lowest BCUT2D eigenvalue weighted by atomic mass is 10.0. The monoisotopic (exact) mass is 498 g/mol. The summed E-state index contributed by atoms with van der Waals surface area (Å²) in [6, 6.07) is 18.1. The van der Waals surface area contributed by atoms with E-state index in [1.165, 1.54) is 37.3 Å². The van der Waals surface area contributed by atoms with Crippen LogP contribution in [0, 0.1) is 5.82 Å². The summed E-state index contributed by atoms with van der Waals surface area (Å²) >= 11 is 0. The topological polar surface area (TPSA) is 119 Å². The number of benzene rings is 3. The van der Waals surface area contributed by atoms with Gasteiger partial charge < -0.3 is 10.1 Å². The Kier molecular flexibility index (Phi) is 8.32. The third kappa shape index (κ3) is 7.47. The molecule has 1 atom stereocenters. The molecule has 8 nitrogen and oxygen atoms in total. The van der Waals surface area contributed by atoms with Gasteiger partial charge in [-0.3, -0.25) is 14.3 Å². The second kappa shape index (κ2) is 11.4. The quantitative estimate of drug-likeness (QED) is 0.415. The molecule has 0 radical (unpaired) electrons. The van der Waals surface area contributed by atoms with Gasteiger partial charge in [0.1, 0.15) is 5.82 Å². The normalized spacial score (nSPS) is 11.8. The number of ether oxygens (including phenoxy) is 1. The summed E-state index contributed by atoms with van der Waals surface area (Å²) in [4.78, 5) is 36.4. The van der Waals surface area contributed by atoms with Crippen molar-refractivity contribution in [2.24, 2.45) is 0 Å². The smallest absolute Gasteiger partial charge is 0.338 e. The molecular weight excluding hydrogens is 475 g/mol. The number of rotatable bonds is 10. The highest BCUT2D eigenvalue weighted by Crippen LogP contribution is 2.18. The van der Waals surface area contributed by atoms with E-state index in [0.717, 1.165) is 23.8 Å². The summed E-state index contributed by atoms with van der Waals surface area (Å²) in [7, 11) is -4.07. The predicted molar refractivity (Wildman–Crippen MR) is 127 cm³/mol. The fraction of sp³-hybridized carbons (Fsp3) is 0.160. The van der Waals surface area contributed by atoms with Crippen LogP contribution in [0.1, 0.15) is 22.8 Å². The maximum atomic E-state index is 13.0. The minimum Gasteiger partial charge on any atom is -0.452 e. The molecule has 0 bridgehead atoms. The van der Waals surface area contributed by atoms with Crippen LogP contribution in [-0.4, -0.2) is 38.7 Å². The van der Waals surface area contributed by atoms with Crippen molar-refractivity contribution in [1.82, 2.24) is 5.32 Å². The number of hydrogen-bond acceptors (Lipinski definition) is 6. The van der Waals surface area contributed by atoms with Crippen molar-refractivity contribution < 1.29 is 31.9 Å². The van der Waals surface area contributed by atoms with E-state index in [2.05, 4.69) is 10.0 Å². The first-order chi connectivity index (χ1) is 16.6. The van der Waals surface area contributed by atoms with E-state index >= 15 is 0 Å². The lowest BCUT2D eigenvalue weighted by Gasteiger charge is -2.16. The van der Waals surface area contributed by atoms with Crippen LogP contribution in [-0.2, 0) is 30.8 Å². The van der Waals surface area contributed by atoms with Crippen LogP contribution in [0.3, 0.4) is 0 Å². The average Bonchev–Trinajstić information content (AvgIpc) is 2.84. The molecule has 35 heavy (non-hydrogen) atoms. The molecule has 0 fully saturated rings. The van der Waals surface area contributed by atoms with Gasteiger partial charge in [0.05, 0.1) is 16.5 Å². The van der Waals surface area contributed by atoms with Crippen LogP contribution in [0.2, 0.25) is 0 Å². The third-order valence-electron chi connectivity index (χ3n) is 4.92. The molecule has 0 aliphatic heterocycles. The number of sulfonamides is 1. The van der Waals surface area contributed by atoms with Gasteiger partial charge in [-0.2, -0.15) is 0 Å². The number of carbonyl (C=O) groups is 3. The molecule has 1 amide bonds. The Hall–Kier alpha value is -4.05. The highest BCUT2D eigenvalue weighted by Gasteiger charge is 2.20. The van der Waals surface area contributed by atoms with E-state index in [-0.39, 0.29) is 28.4 Å². The Bertz CT molecular complexity index is 1310. The number of anilines is 1. The van der Waals surface area contributed by atoms with Gasteiger partial charge in [0.15, 0.2) is 12.4 Å². The van der Waals surface area contributed by atoms with Crippen molar-refractivity contribution in [2.45, 2.75) is 24.3 Å². The highest BCUT2D eigenvalue weighted by atomic mass is 32.2. The first kappa shape index (κ1) is 25.6. The third-order valence-corrected chi connectivity index (χ3v) is 6.30. The molecule has 3 aromatic rings. The summed E-state index contributed by atoms with van der Waals surface area (Å²) in [6.45, 7) is 0.702. The summed E-state index contributed by atoms with van der Waals surface area (Å²) in [5.74, 6) is -2.35. The zero-order valence-electron chi connectivity index (χ0n) is 18.7. The van der Waals surface area contributed by atoms with Gasteiger partial charge >= 0.3 is 5.97 Å². The molecule has 0 aliphatic carbocycles. The second-order valence-electron chi connectivity index (χ2n) is 7.64. The standard InChI is InChI=1S/C25H23FN2O6S/c1-17(29)23(14-18-6-3-2-4-7-18)27-24(30)16-34-25(31)19-8-5-9-22(15-19)35(32,33)28-21-12-10-20(26)11-13-21/h2-13,15,23,28H,14,16H2,1H3,(H,27,30). The van der Waals surface area contributed by atoms with Crippen molar-refractivity contribution in [1.29, 1.82) is 0 Å². The SMILES string of the molecule is CC(=O)C(Cc1ccccc1)NC(=O)COC(=O)c1cccc(S(=O)(=O)Nc2ccc(F)cc2)c1. The molecule has 182 valence electrons. The van der Waals surface area contributed by atoms with Crippen LogP contribution in [0.15, 0.2) is 83.8 Å². The summed E-state index contributed by atoms with van der Waals surface area (Å²) in [5.41, 5.74) is 0.913. The Balaban J connectivity index is 1.60. The fourth-order valence-electron chi connectivity index (χ4n) is 3.12. The van der Waals surface area contributed by atoms with Crippen LogP contribution in [0.4, 0.5) is 10.1 Å². The molecule has 0 saturated carbocycles. The van der Waals surface area contributed by atoms with Crippen molar-refractivity contribution in [2.75, 3.05) is 11.3 Å². The first-order valence-electron chi connectivity index (χ1n) is 10.5. The van der Waals surface area contributed by atoms with Crippen molar-refractivity contribution in [3.63, 3.8) is 0 Å². The van der Waals surface area contributed by atoms with Crippen LogP contribution in [0.5, 0.6) is 0 Å². The fourth-order valence-corrected chi connectivity index (χ4v) is 4.22. The molecular formula is C25H23FN2O6S. The Morgan fingerprint density at radius 3 is 2.29 bits per heavy atom. The molecule has 0 spiro atoms. The number of esters is 1. The van der Waals surface area contributed by atoms with Crippen molar-refractivity contribution in [3.05, 3.63) is 95.8 Å². The van der Waals surface area contributed by atoms with Gasteiger partial charge in [0, 0.05) is 5.69 Å². The van der Waals surface area contributed by atoms with Crippen LogP contribution < -0.4 is 10.0 Å². The minimum atomic E-state index is -4.07. The number of hydrogen-bond donors (Lipinski definition) is 2. The number of amides is 1. The van der Waals surface area contributed by atoms with Gasteiger partial charge in [-0.1, -0.05) is 36.4 Å². The van der Waals surface area contributed by atoms with Crippen molar-refractivity contribution in [3.8, 4) is 0 Å². The molecule has 0 saturated heterocycles. The zero-order valence-corrected chi connectivity index (χ0v) is 19.5. The summed E-state index contributed by atoms with van der Waals surface area (Å²) < 4.78 is 45.6. The van der Waals surface area contributed by atoms with E-state index in [1.54, 1.807) is 0 Å². The zero-order chi connectivity index (χ0) is 25.4. The number of Topliss-reactive ketones (excluding diaryl/α,β-unsaturated/α-hetero) is 1.